The van der Waals surface area contributed by atoms with E-state index in [9.17, 15) is 0 Å². The predicted molar refractivity (Wildman–Crippen MR) is 85.1 cm³/mol. The number of benzene rings is 2. The minimum Gasteiger partial charge on any atom is -0.491 e. The van der Waals surface area contributed by atoms with Gasteiger partial charge in [0.05, 0.1) is 12.3 Å². The first kappa shape index (κ1) is 14.4. The summed E-state index contributed by atoms with van der Waals surface area (Å²) in [6.45, 7) is 2.85. The number of rotatable bonds is 7. The van der Waals surface area contributed by atoms with Crippen molar-refractivity contribution >= 4 is 5.69 Å². The van der Waals surface area contributed by atoms with Crippen molar-refractivity contribution in [2.75, 3.05) is 12.3 Å². The van der Waals surface area contributed by atoms with Gasteiger partial charge in [-0.3, -0.25) is 0 Å². The van der Waals surface area contributed by atoms with E-state index in [0.29, 0.717) is 0 Å². The van der Waals surface area contributed by atoms with E-state index in [0.717, 1.165) is 43.7 Å². The summed E-state index contributed by atoms with van der Waals surface area (Å²) in [4.78, 5) is 0. The first-order chi connectivity index (χ1) is 9.79. The van der Waals surface area contributed by atoms with Crippen molar-refractivity contribution in [1.82, 2.24) is 0 Å². The summed E-state index contributed by atoms with van der Waals surface area (Å²) in [6, 6.07) is 16.6. The van der Waals surface area contributed by atoms with Crippen molar-refractivity contribution in [3.63, 3.8) is 0 Å². The molecule has 0 aliphatic rings. The Bertz CT molecular complexity index is 522. The zero-order chi connectivity index (χ0) is 14.2. The van der Waals surface area contributed by atoms with Gasteiger partial charge in [-0.25, -0.2) is 0 Å². The Labute approximate surface area is 121 Å². The van der Waals surface area contributed by atoms with E-state index in [4.69, 9.17) is 10.5 Å². The fourth-order valence-corrected chi connectivity index (χ4v) is 2.21. The molecule has 0 aliphatic carbocycles. The Morgan fingerprint density at radius 3 is 2.45 bits per heavy atom. The van der Waals surface area contributed by atoms with Crippen LogP contribution in [0, 0.1) is 0 Å². The van der Waals surface area contributed by atoms with E-state index in [1.54, 1.807) is 0 Å². The van der Waals surface area contributed by atoms with Crippen LogP contribution < -0.4 is 10.5 Å². The first-order valence-corrected chi connectivity index (χ1v) is 7.34. The summed E-state index contributed by atoms with van der Waals surface area (Å²) in [6.07, 6.45) is 4.29. The van der Waals surface area contributed by atoms with E-state index in [1.807, 2.05) is 12.1 Å². The van der Waals surface area contributed by atoms with Crippen LogP contribution in [0.2, 0.25) is 0 Å². The molecule has 106 valence electrons. The molecule has 2 nitrogen and oxygen atoms in total. The van der Waals surface area contributed by atoms with Crippen LogP contribution in [0.1, 0.15) is 30.9 Å². The minimum absolute atomic E-state index is 0.725. The molecule has 2 aromatic rings. The van der Waals surface area contributed by atoms with Crippen molar-refractivity contribution in [2.24, 2.45) is 0 Å². The van der Waals surface area contributed by atoms with Gasteiger partial charge in [0.2, 0.25) is 0 Å². The van der Waals surface area contributed by atoms with Crippen molar-refractivity contribution in [3.05, 3.63) is 59.7 Å². The monoisotopic (exact) mass is 269 g/mol. The predicted octanol–water partition coefficient (Wildman–Crippen LogP) is 4.23. The van der Waals surface area contributed by atoms with Gasteiger partial charge in [-0.05, 0) is 48.9 Å². The zero-order valence-corrected chi connectivity index (χ0v) is 12.1. The van der Waals surface area contributed by atoms with Crippen LogP contribution in [-0.4, -0.2) is 6.61 Å². The number of aryl methyl sites for hydroxylation is 2. The second-order valence-electron chi connectivity index (χ2n) is 5.02. The van der Waals surface area contributed by atoms with Crippen LogP contribution in [0.4, 0.5) is 5.69 Å². The largest absolute Gasteiger partial charge is 0.491 e. The van der Waals surface area contributed by atoms with Crippen molar-refractivity contribution in [2.45, 2.75) is 32.6 Å². The first-order valence-electron chi connectivity index (χ1n) is 7.34. The van der Waals surface area contributed by atoms with Crippen LogP contribution in [0.25, 0.3) is 0 Å². The van der Waals surface area contributed by atoms with Crippen LogP contribution in [-0.2, 0) is 12.8 Å². The third-order valence-electron chi connectivity index (χ3n) is 3.44. The molecular weight excluding hydrogens is 246 g/mol. The Morgan fingerprint density at radius 2 is 1.75 bits per heavy atom. The molecule has 0 radical (unpaired) electrons. The van der Waals surface area contributed by atoms with Crippen molar-refractivity contribution in [1.29, 1.82) is 0 Å². The molecule has 0 aliphatic heterocycles. The maximum absolute atomic E-state index is 5.98. The third kappa shape index (κ3) is 4.30. The van der Waals surface area contributed by atoms with Gasteiger partial charge in [0, 0.05) is 0 Å². The maximum Gasteiger partial charge on any atom is 0.142 e. The lowest BCUT2D eigenvalue weighted by molar-refractivity contribution is 0.308. The average molecular weight is 269 g/mol. The molecule has 0 heterocycles. The number of hydrogen-bond donors (Lipinski definition) is 1. The molecule has 0 atom stereocenters. The summed E-state index contributed by atoms with van der Waals surface area (Å²) >= 11 is 0. The molecule has 0 unspecified atom stereocenters. The molecule has 2 heteroatoms. The van der Waals surface area contributed by atoms with Gasteiger partial charge in [0.15, 0.2) is 0 Å². The number of ether oxygens (including phenoxy) is 1. The van der Waals surface area contributed by atoms with Gasteiger partial charge in [-0.2, -0.15) is 0 Å². The standard InChI is InChI=1S/C18H23NO/c1-2-15-11-12-18(17(19)14-15)20-13-7-6-10-16-8-4-3-5-9-16/h3-5,8-9,11-12,14H,2,6-7,10,13,19H2,1H3. The van der Waals surface area contributed by atoms with Gasteiger partial charge < -0.3 is 10.5 Å². The second kappa shape index (κ2) is 7.59. The summed E-state index contributed by atoms with van der Waals surface area (Å²) in [5.74, 6) is 0.807. The van der Waals surface area contributed by atoms with Crippen LogP contribution in [0.15, 0.2) is 48.5 Å². The van der Waals surface area contributed by atoms with Gasteiger partial charge in [-0.15, -0.1) is 0 Å². The second-order valence-corrected chi connectivity index (χ2v) is 5.02. The average Bonchev–Trinajstić information content (AvgIpc) is 2.49. The molecule has 0 fully saturated rings. The Kier molecular flexibility index (Phi) is 5.48. The highest BCUT2D eigenvalue weighted by atomic mass is 16.5. The van der Waals surface area contributed by atoms with E-state index < -0.39 is 0 Å². The number of nitrogens with two attached hydrogens (primary N) is 1. The van der Waals surface area contributed by atoms with Crippen LogP contribution in [0.3, 0.4) is 0 Å². The van der Waals surface area contributed by atoms with Crippen LogP contribution >= 0.6 is 0 Å². The maximum atomic E-state index is 5.98. The lowest BCUT2D eigenvalue weighted by Gasteiger charge is -2.10. The highest BCUT2D eigenvalue weighted by Gasteiger charge is 2.01. The lowest BCUT2D eigenvalue weighted by Crippen LogP contribution is -2.01. The molecular formula is C18H23NO. The van der Waals surface area contributed by atoms with Gasteiger partial charge in [0.25, 0.3) is 0 Å². The Morgan fingerprint density at radius 1 is 0.950 bits per heavy atom. The molecule has 0 saturated heterocycles. The summed E-state index contributed by atoms with van der Waals surface area (Å²) in [7, 11) is 0. The molecule has 0 amide bonds. The molecule has 2 N–H and O–H groups in total. The normalized spacial score (nSPS) is 10.4. The third-order valence-corrected chi connectivity index (χ3v) is 3.44. The number of anilines is 1. The quantitative estimate of drug-likeness (QED) is 0.603. The fourth-order valence-electron chi connectivity index (χ4n) is 2.21. The number of nitrogen functional groups attached to an aromatic ring is 1. The topological polar surface area (TPSA) is 35.2 Å². The Hall–Kier alpha value is -1.96. The van der Waals surface area contributed by atoms with E-state index in [-0.39, 0.29) is 0 Å². The van der Waals surface area contributed by atoms with Gasteiger partial charge in [0.1, 0.15) is 5.75 Å². The Balaban J connectivity index is 1.71. The summed E-state index contributed by atoms with van der Waals surface area (Å²) in [5.41, 5.74) is 9.36. The molecule has 0 bridgehead atoms. The highest BCUT2D eigenvalue weighted by molar-refractivity contribution is 5.54. The molecule has 0 spiro atoms. The van der Waals surface area contributed by atoms with E-state index >= 15 is 0 Å². The molecule has 20 heavy (non-hydrogen) atoms. The molecule has 2 rings (SSSR count). The summed E-state index contributed by atoms with van der Waals surface area (Å²) in [5, 5.41) is 0. The molecule has 0 aromatic heterocycles. The summed E-state index contributed by atoms with van der Waals surface area (Å²) < 4.78 is 5.75. The van der Waals surface area contributed by atoms with Crippen molar-refractivity contribution in [3.8, 4) is 5.75 Å². The fraction of sp³-hybridized carbons (Fsp3) is 0.333. The lowest BCUT2D eigenvalue weighted by atomic mass is 10.1. The van der Waals surface area contributed by atoms with E-state index in [2.05, 4.69) is 43.3 Å². The van der Waals surface area contributed by atoms with Gasteiger partial charge in [-0.1, -0.05) is 43.3 Å². The van der Waals surface area contributed by atoms with Crippen LogP contribution in [0.5, 0.6) is 5.75 Å². The smallest absolute Gasteiger partial charge is 0.142 e. The van der Waals surface area contributed by atoms with Gasteiger partial charge >= 0.3 is 0 Å². The molecule has 2 aromatic carbocycles. The van der Waals surface area contributed by atoms with Crippen molar-refractivity contribution < 1.29 is 4.74 Å². The highest BCUT2D eigenvalue weighted by Crippen LogP contribution is 2.23. The minimum atomic E-state index is 0.725. The number of unbranched alkanes of at least 4 members (excludes halogenated alkanes) is 1. The van der Waals surface area contributed by atoms with E-state index in [1.165, 1.54) is 11.1 Å². The number of hydrogen-bond acceptors (Lipinski definition) is 2. The zero-order valence-electron chi connectivity index (χ0n) is 12.1. The molecule has 0 saturated carbocycles. The SMILES string of the molecule is CCc1ccc(OCCCCc2ccccc2)c(N)c1.